The lowest BCUT2D eigenvalue weighted by Gasteiger charge is -2.17. The number of carbonyl (C=O) groups is 2. The van der Waals surface area contributed by atoms with E-state index < -0.39 is 30.1 Å². The van der Waals surface area contributed by atoms with E-state index in [-0.39, 0.29) is 5.75 Å². The van der Waals surface area contributed by atoms with Crippen LogP contribution in [0.15, 0.2) is 60.7 Å². The molecule has 0 amide bonds. The first-order valence-electron chi connectivity index (χ1n) is 9.28. The number of esters is 1. The molecule has 2 atom stereocenters. The van der Waals surface area contributed by atoms with Crippen molar-refractivity contribution in [3.05, 3.63) is 72.0 Å². The molecular formula is C23H21FO6. The molecule has 0 bridgehead atoms. The van der Waals surface area contributed by atoms with Gasteiger partial charge in [-0.3, -0.25) is 4.79 Å². The number of methoxy groups -OCH3 is 1. The minimum Gasteiger partial charge on any atom is -0.497 e. The van der Waals surface area contributed by atoms with Crippen LogP contribution in [0.5, 0.6) is 11.5 Å². The predicted octanol–water partition coefficient (Wildman–Crippen LogP) is 5.20. The molecule has 156 valence electrons. The Labute approximate surface area is 173 Å². The van der Waals surface area contributed by atoms with E-state index in [2.05, 4.69) is 0 Å². The Hall–Kier alpha value is -3.61. The molecule has 3 aromatic carbocycles. The summed E-state index contributed by atoms with van der Waals surface area (Å²) in [6, 6.07) is 16.6. The third kappa shape index (κ3) is 5.05. The van der Waals surface area contributed by atoms with Gasteiger partial charge in [0.05, 0.1) is 13.0 Å². The van der Waals surface area contributed by atoms with Crippen LogP contribution in [-0.2, 0) is 14.3 Å². The van der Waals surface area contributed by atoms with Crippen LogP contribution in [-0.4, -0.2) is 25.5 Å². The summed E-state index contributed by atoms with van der Waals surface area (Å²) in [5.74, 6) is -1.40. The maximum absolute atomic E-state index is 13.5. The SMILES string of the molecule is COc1ccc2cc([C@H](C)C(=O)OC(C)OC(=O)Oc3ccccc3F)ccc2c1. The molecule has 3 aromatic rings. The molecule has 0 N–H and O–H groups in total. The molecule has 0 aromatic heterocycles. The second-order valence-electron chi connectivity index (χ2n) is 6.60. The lowest BCUT2D eigenvalue weighted by atomic mass is 9.98. The summed E-state index contributed by atoms with van der Waals surface area (Å²) in [6.07, 6.45) is -2.38. The van der Waals surface area contributed by atoms with Gasteiger partial charge in [0.25, 0.3) is 0 Å². The highest BCUT2D eigenvalue weighted by molar-refractivity contribution is 5.86. The molecule has 0 saturated heterocycles. The highest BCUT2D eigenvalue weighted by Crippen LogP contribution is 2.26. The fourth-order valence-electron chi connectivity index (χ4n) is 2.84. The van der Waals surface area contributed by atoms with E-state index in [1.54, 1.807) is 14.0 Å². The molecule has 6 nitrogen and oxygen atoms in total. The number of para-hydroxylation sites is 1. The molecule has 0 aliphatic rings. The van der Waals surface area contributed by atoms with Crippen molar-refractivity contribution in [2.75, 3.05) is 7.11 Å². The van der Waals surface area contributed by atoms with E-state index in [9.17, 15) is 14.0 Å². The van der Waals surface area contributed by atoms with Gasteiger partial charge >= 0.3 is 12.1 Å². The molecule has 0 aliphatic heterocycles. The number of ether oxygens (including phenoxy) is 4. The maximum atomic E-state index is 13.5. The monoisotopic (exact) mass is 412 g/mol. The molecule has 0 spiro atoms. The third-order valence-electron chi connectivity index (χ3n) is 4.50. The Morgan fingerprint density at radius 1 is 0.900 bits per heavy atom. The average molecular weight is 412 g/mol. The van der Waals surface area contributed by atoms with E-state index in [0.29, 0.717) is 0 Å². The van der Waals surface area contributed by atoms with Gasteiger partial charge in [0, 0.05) is 6.92 Å². The van der Waals surface area contributed by atoms with Gasteiger partial charge in [0.15, 0.2) is 11.6 Å². The fourth-order valence-corrected chi connectivity index (χ4v) is 2.84. The van der Waals surface area contributed by atoms with Crippen LogP contribution in [0.4, 0.5) is 9.18 Å². The van der Waals surface area contributed by atoms with Crippen LogP contribution in [0.1, 0.15) is 25.3 Å². The number of hydrogen-bond acceptors (Lipinski definition) is 6. The summed E-state index contributed by atoms with van der Waals surface area (Å²) < 4.78 is 33.6. The van der Waals surface area contributed by atoms with E-state index >= 15 is 0 Å². The van der Waals surface area contributed by atoms with Gasteiger partial charge in [-0.25, -0.2) is 9.18 Å². The minimum atomic E-state index is -1.20. The van der Waals surface area contributed by atoms with Crippen molar-refractivity contribution in [2.45, 2.75) is 26.1 Å². The van der Waals surface area contributed by atoms with Crippen molar-refractivity contribution >= 4 is 22.9 Å². The number of fused-ring (bicyclic) bond motifs is 1. The molecular weight excluding hydrogens is 391 g/mol. The average Bonchev–Trinajstić information content (AvgIpc) is 2.73. The van der Waals surface area contributed by atoms with Crippen LogP contribution < -0.4 is 9.47 Å². The van der Waals surface area contributed by atoms with Crippen LogP contribution in [0, 0.1) is 5.82 Å². The quantitative estimate of drug-likeness (QED) is 0.315. The Bertz CT molecular complexity index is 1060. The molecule has 0 saturated carbocycles. The van der Waals surface area contributed by atoms with Gasteiger partial charge in [-0.05, 0) is 47.5 Å². The highest BCUT2D eigenvalue weighted by atomic mass is 19.1. The molecule has 0 heterocycles. The van der Waals surface area contributed by atoms with Gasteiger partial charge < -0.3 is 18.9 Å². The minimum absolute atomic E-state index is 0.276. The van der Waals surface area contributed by atoms with E-state index in [0.717, 1.165) is 28.2 Å². The van der Waals surface area contributed by atoms with Crippen molar-refractivity contribution in [3.8, 4) is 11.5 Å². The standard InChI is InChI=1S/C23H21FO6/c1-14(16-8-9-18-13-19(27-3)11-10-17(18)12-16)22(25)28-15(2)29-23(26)30-21-7-5-4-6-20(21)24/h4-15H,1-3H3/t14-,15?/m0/s1. The number of halogens is 1. The second kappa shape index (κ2) is 9.26. The van der Waals surface area contributed by atoms with Gasteiger partial charge in [-0.1, -0.05) is 36.4 Å². The molecule has 3 rings (SSSR count). The topological polar surface area (TPSA) is 71.1 Å². The summed E-state index contributed by atoms with van der Waals surface area (Å²) in [5, 5.41) is 1.93. The first-order chi connectivity index (χ1) is 14.4. The van der Waals surface area contributed by atoms with Gasteiger partial charge in [0.2, 0.25) is 6.29 Å². The predicted molar refractivity (Wildman–Crippen MR) is 108 cm³/mol. The van der Waals surface area contributed by atoms with E-state index in [1.807, 2.05) is 36.4 Å². The van der Waals surface area contributed by atoms with Crippen LogP contribution in [0.3, 0.4) is 0 Å². The summed E-state index contributed by atoms with van der Waals surface area (Å²) >= 11 is 0. The van der Waals surface area contributed by atoms with Gasteiger partial charge in [-0.2, -0.15) is 0 Å². The third-order valence-corrected chi connectivity index (χ3v) is 4.50. The maximum Gasteiger partial charge on any atom is 0.517 e. The zero-order valence-corrected chi connectivity index (χ0v) is 16.8. The Kier molecular flexibility index (Phi) is 6.51. The highest BCUT2D eigenvalue weighted by Gasteiger charge is 2.22. The van der Waals surface area contributed by atoms with E-state index in [1.165, 1.54) is 25.1 Å². The summed E-state index contributed by atoms with van der Waals surface area (Å²) in [4.78, 5) is 24.2. The Balaban J connectivity index is 1.60. The summed E-state index contributed by atoms with van der Waals surface area (Å²) in [5.41, 5.74) is 0.749. The van der Waals surface area contributed by atoms with Crippen molar-refractivity contribution in [1.29, 1.82) is 0 Å². The largest absolute Gasteiger partial charge is 0.517 e. The molecule has 0 fully saturated rings. The number of hydrogen-bond donors (Lipinski definition) is 0. The van der Waals surface area contributed by atoms with Crippen molar-refractivity contribution in [2.24, 2.45) is 0 Å². The van der Waals surface area contributed by atoms with Crippen LogP contribution in [0.25, 0.3) is 10.8 Å². The van der Waals surface area contributed by atoms with E-state index in [4.69, 9.17) is 18.9 Å². The van der Waals surface area contributed by atoms with Crippen molar-refractivity contribution in [3.63, 3.8) is 0 Å². The Morgan fingerprint density at radius 3 is 2.33 bits per heavy atom. The normalized spacial score (nSPS) is 12.7. The van der Waals surface area contributed by atoms with Crippen LogP contribution in [0.2, 0.25) is 0 Å². The smallest absolute Gasteiger partial charge is 0.497 e. The van der Waals surface area contributed by atoms with Crippen LogP contribution >= 0.6 is 0 Å². The van der Waals surface area contributed by atoms with Crippen molar-refractivity contribution < 1.29 is 32.9 Å². The second-order valence-corrected chi connectivity index (χ2v) is 6.60. The number of benzene rings is 3. The molecule has 30 heavy (non-hydrogen) atoms. The van der Waals surface area contributed by atoms with Gasteiger partial charge in [0.1, 0.15) is 5.75 Å². The van der Waals surface area contributed by atoms with Gasteiger partial charge in [-0.15, -0.1) is 0 Å². The zero-order chi connectivity index (χ0) is 21.7. The molecule has 0 radical (unpaired) electrons. The number of rotatable bonds is 6. The summed E-state index contributed by atoms with van der Waals surface area (Å²) in [6.45, 7) is 3.07. The molecule has 1 unspecified atom stereocenters. The molecule has 0 aliphatic carbocycles. The van der Waals surface area contributed by atoms with Crippen molar-refractivity contribution in [1.82, 2.24) is 0 Å². The fraction of sp³-hybridized carbons (Fsp3) is 0.217. The first-order valence-corrected chi connectivity index (χ1v) is 9.28. The molecule has 7 heteroatoms. The lowest BCUT2D eigenvalue weighted by Crippen LogP contribution is -2.26. The Morgan fingerprint density at radius 2 is 1.60 bits per heavy atom. The first kappa shape index (κ1) is 21.1. The summed E-state index contributed by atoms with van der Waals surface area (Å²) in [7, 11) is 1.60. The lowest BCUT2D eigenvalue weighted by molar-refractivity contribution is -0.168. The zero-order valence-electron chi connectivity index (χ0n) is 16.8. The number of carbonyl (C=O) groups excluding carboxylic acids is 2.